The van der Waals surface area contributed by atoms with E-state index >= 15 is 0 Å². The van der Waals surface area contributed by atoms with Crippen LogP contribution in [0.25, 0.3) is 10.9 Å². The van der Waals surface area contributed by atoms with Crippen LogP contribution in [0.5, 0.6) is 0 Å². The molecule has 0 unspecified atom stereocenters. The summed E-state index contributed by atoms with van der Waals surface area (Å²) >= 11 is 0. The van der Waals surface area contributed by atoms with Gasteiger partial charge in [-0.3, -0.25) is 4.79 Å². The van der Waals surface area contributed by atoms with Gasteiger partial charge >= 0.3 is 0 Å². The fraction of sp³-hybridized carbons (Fsp3) is 0.438. The minimum Gasteiger partial charge on any atom is -0.396 e. The molecule has 1 amide bonds. The molecule has 0 saturated carbocycles. The molecule has 1 aliphatic rings. The number of hydrogen-bond acceptors (Lipinski definition) is 2. The Balaban J connectivity index is 1.79. The zero-order valence-electron chi connectivity index (χ0n) is 11.7. The number of H-pyrrole nitrogens is 1. The monoisotopic (exact) mass is 272 g/mol. The van der Waals surface area contributed by atoms with Crippen LogP contribution in [-0.4, -0.2) is 40.6 Å². The highest BCUT2D eigenvalue weighted by atomic mass is 16.3. The number of hydrogen-bond donors (Lipinski definition) is 2. The summed E-state index contributed by atoms with van der Waals surface area (Å²) < 4.78 is 0. The van der Waals surface area contributed by atoms with Gasteiger partial charge in [0, 0.05) is 30.6 Å². The number of aliphatic hydroxyl groups excluding tert-OH is 1. The van der Waals surface area contributed by atoms with Crippen LogP contribution in [0, 0.1) is 12.8 Å². The lowest BCUT2D eigenvalue weighted by atomic mass is 9.98. The molecule has 1 aromatic carbocycles. The summed E-state index contributed by atoms with van der Waals surface area (Å²) in [5.74, 6) is 0.416. The molecule has 1 aromatic heterocycles. The smallest absolute Gasteiger partial charge is 0.270 e. The number of piperidine rings is 1. The molecule has 1 fully saturated rings. The first-order valence-corrected chi connectivity index (χ1v) is 7.17. The van der Waals surface area contributed by atoms with Crippen LogP contribution in [0.1, 0.15) is 28.9 Å². The van der Waals surface area contributed by atoms with Crippen molar-refractivity contribution in [3.05, 3.63) is 35.5 Å². The summed E-state index contributed by atoms with van der Waals surface area (Å²) in [5.41, 5.74) is 2.86. The number of benzene rings is 1. The standard InChI is InChI=1S/C16H20N2O2/c1-11-2-3-14-13(8-11)9-15(17-14)16(20)18-6-4-12(10-19)5-7-18/h2-3,8-9,12,17,19H,4-7,10H2,1H3. The van der Waals surface area contributed by atoms with Gasteiger partial charge < -0.3 is 15.0 Å². The number of aromatic nitrogens is 1. The number of carbonyl (C=O) groups excluding carboxylic acids is 1. The van der Waals surface area contributed by atoms with Crippen LogP contribution in [0.2, 0.25) is 0 Å². The third-order valence-corrected chi connectivity index (χ3v) is 4.17. The molecule has 3 rings (SSSR count). The van der Waals surface area contributed by atoms with Crippen LogP contribution in [-0.2, 0) is 0 Å². The van der Waals surface area contributed by atoms with Crippen LogP contribution in [0.3, 0.4) is 0 Å². The van der Waals surface area contributed by atoms with Gasteiger partial charge in [0.1, 0.15) is 5.69 Å². The van der Waals surface area contributed by atoms with Gasteiger partial charge in [0.2, 0.25) is 0 Å². The number of nitrogens with zero attached hydrogens (tertiary/aromatic N) is 1. The molecule has 0 spiro atoms. The van der Waals surface area contributed by atoms with Crippen LogP contribution in [0.15, 0.2) is 24.3 Å². The fourth-order valence-electron chi connectivity index (χ4n) is 2.86. The van der Waals surface area contributed by atoms with Crippen LogP contribution >= 0.6 is 0 Å². The molecule has 4 heteroatoms. The number of nitrogens with one attached hydrogen (secondary N) is 1. The summed E-state index contributed by atoms with van der Waals surface area (Å²) in [5, 5.41) is 10.2. The van der Waals surface area contributed by atoms with E-state index in [1.807, 2.05) is 30.0 Å². The molecule has 4 nitrogen and oxygen atoms in total. The quantitative estimate of drug-likeness (QED) is 0.881. The molecule has 2 heterocycles. The molecule has 0 aliphatic carbocycles. The maximum absolute atomic E-state index is 12.5. The molecule has 106 valence electrons. The molecular weight excluding hydrogens is 252 g/mol. The Labute approximate surface area is 118 Å². The van der Waals surface area contributed by atoms with E-state index in [2.05, 4.69) is 11.1 Å². The number of fused-ring (bicyclic) bond motifs is 1. The first-order chi connectivity index (χ1) is 9.67. The van der Waals surface area contributed by atoms with Crippen LogP contribution in [0.4, 0.5) is 0 Å². The number of aliphatic hydroxyl groups is 1. The number of rotatable bonds is 2. The average molecular weight is 272 g/mol. The predicted octanol–water partition coefficient (Wildman–Crippen LogP) is 2.32. The maximum atomic E-state index is 12.5. The van der Waals surface area contributed by atoms with Gasteiger partial charge in [-0.15, -0.1) is 0 Å². The summed E-state index contributed by atoms with van der Waals surface area (Å²) in [4.78, 5) is 17.6. The van der Waals surface area contributed by atoms with Gasteiger partial charge in [0.25, 0.3) is 5.91 Å². The van der Waals surface area contributed by atoms with Crippen molar-refractivity contribution in [3.63, 3.8) is 0 Å². The minimum absolute atomic E-state index is 0.0650. The first-order valence-electron chi connectivity index (χ1n) is 7.17. The normalized spacial score (nSPS) is 16.8. The number of aryl methyl sites for hydroxylation is 1. The first kappa shape index (κ1) is 13.2. The SMILES string of the molecule is Cc1ccc2[nH]c(C(=O)N3CCC(CO)CC3)cc2c1. The predicted molar refractivity (Wildman–Crippen MR) is 78.7 cm³/mol. The van der Waals surface area contributed by atoms with E-state index in [-0.39, 0.29) is 12.5 Å². The van der Waals surface area contributed by atoms with Crippen molar-refractivity contribution in [1.82, 2.24) is 9.88 Å². The Hall–Kier alpha value is -1.81. The lowest BCUT2D eigenvalue weighted by molar-refractivity contribution is 0.0646. The molecule has 1 saturated heterocycles. The number of aromatic amines is 1. The number of amides is 1. The topological polar surface area (TPSA) is 56.3 Å². The van der Waals surface area contributed by atoms with E-state index in [9.17, 15) is 4.79 Å². The maximum Gasteiger partial charge on any atom is 0.270 e. The third-order valence-electron chi connectivity index (χ3n) is 4.17. The Kier molecular flexibility index (Phi) is 3.49. The zero-order valence-corrected chi connectivity index (χ0v) is 11.7. The molecule has 0 bridgehead atoms. The summed E-state index contributed by atoms with van der Waals surface area (Å²) in [7, 11) is 0. The Morgan fingerprint density at radius 3 is 2.80 bits per heavy atom. The minimum atomic E-state index is 0.0650. The summed E-state index contributed by atoms with van der Waals surface area (Å²) in [6, 6.07) is 8.07. The summed E-state index contributed by atoms with van der Waals surface area (Å²) in [6.07, 6.45) is 1.78. The van der Waals surface area contributed by atoms with Gasteiger partial charge in [0.15, 0.2) is 0 Å². The zero-order chi connectivity index (χ0) is 14.1. The van der Waals surface area contributed by atoms with Gasteiger partial charge in [0.05, 0.1) is 0 Å². The van der Waals surface area contributed by atoms with Crippen molar-refractivity contribution in [1.29, 1.82) is 0 Å². The molecule has 2 aromatic rings. The third kappa shape index (κ3) is 2.43. The van der Waals surface area contributed by atoms with Crippen molar-refractivity contribution in [2.45, 2.75) is 19.8 Å². The Bertz CT molecular complexity index is 624. The van der Waals surface area contributed by atoms with Crippen molar-refractivity contribution >= 4 is 16.8 Å². The Morgan fingerprint density at radius 1 is 1.35 bits per heavy atom. The van der Waals surface area contributed by atoms with Gasteiger partial charge in [-0.2, -0.15) is 0 Å². The second-order valence-corrected chi connectivity index (χ2v) is 5.69. The highest BCUT2D eigenvalue weighted by molar-refractivity contribution is 5.98. The second-order valence-electron chi connectivity index (χ2n) is 5.69. The van der Waals surface area contributed by atoms with Gasteiger partial charge in [-0.05, 0) is 43.9 Å². The highest BCUT2D eigenvalue weighted by Gasteiger charge is 2.24. The van der Waals surface area contributed by atoms with Crippen molar-refractivity contribution in [2.24, 2.45) is 5.92 Å². The van der Waals surface area contributed by atoms with Crippen molar-refractivity contribution in [2.75, 3.05) is 19.7 Å². The van der Waals surface area contributed by atoms with E-state index < -0.39 is 0 Å². The van der Waals surface area contributed by atoms with E-state index in [0.717, 1.165) is 36.8 Å². The number of likely N-dealkylation sites (tertiary alicyclic amines) is 1. The van der Waals surface area contributed by atoms with Crippen molar-refractivity contribution < 1.29 is 9.90 Å². The molecular formula is C16H20N2O2. The molecule has 20 heavy (non-hydrogen) atoms. The summed E-state index contributed by atoms with van der Waals surface area (Å²) in [6.45, 7) is 3.75. The number of carbonyl (C=O) groups is 1. The van der Waals surface area contributed by atoms with E-state index in [0.29, 0.717) is 11.6 Å². The van der Waals surface area contributed by atoms with E-state index in [1.165, 1.54) is 5.56 Å². The molecule has 0 atom stereocenters. The van der Waals surface area contributed by atoms with E-state index in [4.69, 9.17) is 5.11 Å². The molecule has 0 radical (unpaired) electrons. The van der Waals surface area contributed by atoms with Crippen molar-refractivity contribution in [3.8, 4) is 0 Å². The molecule has 1 aliphatic heterocycles. The highest BCUT2D eigenvalue weighted by Crippen LogP contribution is 2.21. The fourth-order valence-corrected chi connectivity index (χ4v) is 2.86. The van der Waals surface area contributed by atoms with Crippen LogP contribution < -0.4 is 0 Å². The average Bonchev–Trinajstić information content (AvgIpc) is 2.89. The molecule has 2 N–H and O–H groups in total. The Morgan fingerprint density at radius 2 is 2.10 bits per heavy atom. The lowest BCUT2D eigenvalue weighted by Gasteiger charge is -2.30. The second kappa shape index (κ2) is 5.29. The largest absolute Gasteiger partial charge is 0.396 e. The van der Waals surface area contributed by atoms with Gasteiger partial charge in [-0.1, -0.05) is 11.6 Å². The van der Waals surface area contributed by atoms with Gasteiger partial charge in [-0.25, -0.2) is 0 Å². The van der Waals surface area contributed by atoms with E-state index in [1.54, 1.807) is 0 Å². The lowest BCUT2D eigenvalue weighted by Crippen LogP contribution is -2.39.